The summed E-state index contributed by atoms with van der Waals surface area (Å²) in [6, 6.07) is 6.64. The predicted molar refractivity (Wildman–Crippen MR) is 98.3 cm³/mol. The number of amides is 2. The van der Waals surface area contributed by atoms with E-state index in [0.29, 0.717) is 30.2 Å². The van der Waals surface area contributed by atoms with E-state index in [4.69, 9.17) is 16.4 Å². The predicted octanol–water partition coefficient (Wildman–Crippen LogP) is -0.305. The Morgan fingerprint density at radius 1 is 1.31 bits per heavy atom. The van der Waals surface area contributed by atoms with Gasteiger partial charge in [0.1, 0.15) is 6.04 Å². The second kappa shape index (κ2) is 8.05. The molecule has 0 aliphatic carbocycles. The molecule has 0 unspecified atom stereocenters. The Bertz CT molecular complexity index is 699. The number of piperazine rings is 1. The van der Waals surface area contributed by atoms with Crippen LogP contribution in [0.25, 0.3) is 0 Å². The first-order chi connectivity index (χ1) is 12.4. The van der Waals surface area contributed by atoms with E-state index in [1.54, 1.807) is 19.1 Å². The van der Waals surface area contributed by atoms with Crippen LogP contribution in [-0.4, -0.2) is 67.8 Å². The lowest BCUT2D eigenvalue weighted by molar-refractivity contribution is -0.883. The molecule has 2 aliphatic rings. The molecule has 2 aliphatic heterocycles. The van der Waals surface area contributed by atoms with Crippen molar-refractivity contribution in [2.24, 2.45) is 5.16 Å². The number of hydrogen-bond donors (Lipinski definition) is 2. The molecule has 2 N–H and O–H groups in total. The number of benzene rings is 1. The summed E-state index contributed by atoms with van der Waals surface area (Å²) >= 11 is 5.88. The van der Waals surface area contributed by atoms with Crippen molar-refractivity contribution >= 4 is 29.1 Å². The van der Waals surface area contributed by atoms with Gasteiger partial charge < -0.3 is 20.0 Å². The largest absolute Gasteiger partial charge is 0.382 e. The Morgan fingerprint density at radius 3 is 2.62 bits per heavy atom. The van der Waals surface area contributed by atoms with E-state index in [1.807, 2.05) is 17.0 Å². The minimum Gasteiger partial charge on any atom is -0.382 e. The maximum atomic E-state index is 12.5. The molecule has 3 rings (SSSR count). The van der Waals surface area contributed by atoms with Crippen LogP contribution in [0.2, 0.25) is 5.02 Å². The first-order valence-corrected chi connectivity index (χ1v) is 9.21. The maximum absolute atomic E-state index is 12.5. The fraction of sp³-hybridized carbons (Fsp3) is 0.500. The standard InChI is InChI=1S/C18H23ClN4O3/c1-12(18(25)23-9-7-22(2)8-10-23)20-17(24)16-11-15(21-26-16)13-3-5-14(19)6-4-13/h3-6,12,16H,7-11H2,1-2H3,(H,20,24)/p+1/t12-,16-/m1/s1. The van der Waals surface area contributed by atoms with Gasteiger partial charge in [0, 0.05) is 11.4 Å². The van der Waals surface area contributed by atoms with Gasteiger partial charge in [-0.1, -0.05) is 28.9 Å². The van der Waals surface area contributed by atoms with Crippen molar-refractivity contribution in [2.45, 2.75) is 25.5 Å². The average Bonchev–Trinajstić information content (AvgIpc) is 3.12. The van der Waals surface area contributed by atoms with E-state index in [1.165, 1.54) is 4.90 Å². The van der Waals surface area contributed by atoms with E-state index >= 15 is 0 Å². The van der Waals surface area contributed by atoms with Crippen molar-refractivity contribution < 1.29 is 19.3 Å². The molecule has 1 saturated heterocycles. The number of quaternary nitrogens is 1. The van der Waals surface area contributed by atoms with Gasteiger partial charge in [-0.25, -0.2) is 0 Å². The van der Waals surface area contributed by atoms with Crippen LogP contribution in [0.5, 0.6) is 0 Å². The van der Waals surface area contributed by atoms with E-state index in [0.717, 1.165) is 18.7 Å². The Hall–Kier alpha value is -2.12. The highest BCUT2D eigenvalue weighted by atomic mass is 35.5. The lowest BCUT2D eigenvalue weighted by Gasteiger charge is -2.32. The molecule has 2 atom stereocenters. The van der Waals surface area contributed by atoms with Crippen molar-refractivity contribution in [3.8, 4) is 0 Å². The summed E-state index contributed by atoms with van der Waals surface area (Å²) < 4.78 is 0. The monoisotopic (exact) mass is 379 g/mol. The highest BCUT2D eigenvalue weighted by molar-refractivity contribution is 6.30. The molecular weight excluding hydrogens is 356 g/mol. The maximum Gasteiger partial charge on any atom is 0.264 e. The Balaban J connectivity index is 1.51. The summed E-state index contributed by atoms with van der Waals surface area (Å²) in [4.78, 5) is 33.4. The fourth-order valence-electron chi connectivity index (χ4n) is 3.08. The lowest BCUT2D eigenvalue weighted by Crippen LogP contribution is -3.12. The Morgan fingerprint density at radius 2 is 1.96 bits per heavy atom. The number of oxime groups is 1. The number of likely N-dealkylation sites (N-methyl/N-ethyl adjacent to an activating group) is 1. The normalized spacial score (nSPS) is 21.7. The molecule has 1 aromatic rings. The minimum atomic E-state index is -0.715. The van der Waals surface area contributed by atoms with Crippen molar-refractivity contribution in [1.82, 2.24) is 10.2 Å². The topological polar surface area (TPSA) is 75.4 Å². The third-order valence-corrected chi connectivity index (χ3v) is 5.05. The zero-order valence-electron chi connectivity index (χ0n) is 15.0. The van der Waals surface area contributed by atoms with Crippen LogP contribution in [0.1, 0.15) is 18.9 Å². The van der Waals surface area contributed by atoms with Crippen LogP contribution in [0.3, 0.4) is 0 Å². The van der Waals surface area contributed by atoms with E-state index in [9.17, 15) is 9.59 Å². The average molecular weight is 380 g/mol. The molecule has 0 bridgehead atoms. The number of carbonyl (C=O) groups excluding carboxylic acids is 2. The quantitative estimate of drug-likeness (QED) is 0.754. The zero-order chi connectivity index (χ0) is 18.7. The number of halogens is 1. The molecule has 2 heterocycles. The van der Waals surface area contributed by atoms with Crippen molar-refractivity contribution in [1.29, 1.82) is 0 Å². The molecule has 2 amide bonds. The highest BCUT2D eigenvalue weighted by Crippen LogP contribution is 2.19. The number of hydrogen-bond acceptors (Lipinski definition) is 4. The number of nitrogens with zero attached hydrogens (tertiary/aromatic N) is 2. The van der Waals surface area contributed by atoms with E-state index in [-0.39, 0.29) is 11.8 Å². The van der Waals surface area contributed by atoms with Gasteiger partial charge >= 0.3 is 0 Å². The second-order valence-electron chi connectivity index (χ2n) is 6.86. The number of rotatable bonds is 4. The van der Waals surface area contributed by atoms with Crippen LogP contribution in [0.15, 0.2) is 29.4 Å². The van der Waals surface area contributed by atoms with Gasteiger partial charge in [-0.05, 0) is 24.6 Å². The third kappa shape index (κ3) is 4.34. The Kier molecular flexibility index (Phi) is 5.78. The zero-order valence-corrected chi connectivity index (χ0v) is 15.8. The first kappa shape index (κ1) is 18.7. The van der Waals surface area contributed by atoms with Crippen LogP contribution in [-0.2, 0) is 14.4 Å². The molecule has 7 nitrogen and oxygen atoms in total. The molecule has 1 aromatic carbocycles. The van der Waals surface area contributed by atoms with Gasteiger partial charge in [-0.15, -0.1) is 0 Å². The molecule has 0 radical (unpaired) electrons. The minimum absolute atomic E-state index is 0.0531. The molecule has 26 heavy (non-hydrogen) atoms. The van der Waals surface area contributed by atoms with Crippen molar-refractivity contribution in [3.05, 3.63) is 34.9 Å². The number of carbonyl (C=O) groups is 2. The second-order valence-corrected chi connectivity index (χ2v) is 7.29. The molecular formula is C18H24ClN4O3+. The van der Waals surface area contributed by atoms with Crippen molar-refractivity contribution in [2.75, 3.05) is 33.2 Å². The number of nitrogens with one attached hydrogen (secondary N) is 2. The van der Waals surface area contributed by atoms with Crippen LogP contribution < -0.4 is 10.2 Å². The molecule has 0 spiro atoms. The van der Waals surface area contributed by atoms with E-state index in [2.05, 4.69) is 17.5 Å². The van der Waals surface area contributed by atoms with Crippen LogP contribution in [0.4, 0.5) is 0 Å². The molecule has 0 saturated carbocycles. The fourth-order valence-corrected chi connectivity index (χ4v) is 3.21. The Labute approximate surface area is 157 Å². The lowest BCUT2D eigenvalue weighted by atomic mass is 10.0. The van der Waals surface area contributed by atoms with Gasteiger partial charge in [-0.3, -0.25) is 9.59 Å². The summed E-state index contributed by atoms with van der Waals surface area (Å²) in [5.74, 6) is -0.374. The van der Waals surface area contributed by atoms with Gasteiger partial charge in [0.25, 0.3) is 5.91 Å². The summed E-state index contributed by atoms with van der Waals surface area (Å²) in [6.45, 7) is 5.00. The van der Waals surface area contributed by atoms with E-state index < -0.39 is 12.1 Å². The molecule has 0 aromatic heterocycles. The smallest absolute Gasteiger partial charge is 0.264 e. The third-order valence-electron chi connectivity index (χ3n) is 4.80. The molecule has 140 valence electrons. The van der Waals surface area contributed by atoms with Gasteiger partial charge in [0.15, 0.2) is 0 Å². The molecule has 1 fully saturated rings. The van der Waals surface area contributed by atoms with Crippen molar-refractivity contribution in [3.63, 3.8) is 0 Å². The summed E-state index contributed by atoms with van der Waals surface area (Å²) in [7, 11) is 2.11. The van der Waals surface area contributed by atoms with Crippen LogP contribution in [0, 0.1) is 0 Å². The van der Waals surface area contributed by atoms with Crippen LogP contribution >= 0.6 is 11.6 Å². The SMILES string of the molecule is C[C@@H](NC(=O)[C@H]1CC(c2ccc(Cl)cc2)=NO1)C(=O)N1CC[NH+](C)CC1. The summed E-state index contributed by atoms with van der Waals surface area (Å²) in [5, 5.41) is 7.40. The van der Waals surface area contributed by atoms with Gasteiger partial charge in [0.2, 0.25) is 12.0 Å². The van der Waals surface area contributed by atoms with Gasteiger partial charge in [0.05, 0.1) is 38.9 Å². The molecule has 8 heteroatoms. The summed E-state index contributed by atoms with van der Waals surface area (Å²) in [6.07, 6.45) is -0.348. The summed E-state index contributed by atoms with van der Waals surface area (Å²) in [5.41, 5.74) is 1.57. The van der Waals surface area contributed by atoms with Gasteiger partial charge in [-0.2, -0.15) is 0 Å². The first-order valence-electron chi connectivity index (χ1n) is 8.83. The highest BCUT2D eigenvalue weighted by Gasteiger charge is 2.32.